The minimum Gasteiger partial charge on any atom is -0.316 e. The minimum atomic E-state index is 0.749. The van der Waals surface area contributed by atoms with Gasteiger partial charge in [0, 0.05) is 13.1 Å². The van der Waals surface area contributed by atoms with Gasteiger partial charge in [-0.15, -0.1) is 0 Å². The van der Waals surface area contributed by atoms with Gasteiger partial charge >= 0.3 is 0 Å². The van der Waals surface area contributed by atoms with E-state index in [9.17, 15) is 0 Å². The number of benzene rings is 1. The van der Waals surface area contributed by atoms with Gasteiger partial charge in [0.05, 0.1) is 0 Å². The first kappa shape index (κ1) is 10.7. The molecule has 0 bridgehead atoms. The summed E-state index contributed by atoms with van der Waals surface area (Å²) < 4.78 is 0. The molecule has 82 valence electrons. The Balaban J connectivity index is 2.03. The third kappa shape index (κ3) is 2.58. The normalized spacial score (nSPS) is 22.1. The summed E-state index contributed by atoms with van der Waals surface area (Å²) >= 11 is 0. The molecule has 0 saturated carbocycles. The van der Waals surface area contributed by atoms with E-state index in [-0.39, 0.29) is 0 Å². The van der Waals surface area contributed by atoms with Gasteiger partial charge in [-0.3, -0.25) is 0 Å². The summed E-state index contributed by atoms with van der Waals surface area (Å²) in [5.41, 5.74) is 2.87. The van der Waals surface area contributed by atoms with Crippen LogP contribution in [-0.2, 0) is 6.54 Å². The van der Waals surface area contributed by atoms with Crippen molar-refractivity contribution in [3.8, 4) is 0 Å². The molecular formula is C13H20N2. The first-order valence-electron chi connectivity index (χ1n) is 5.71. The largest absolute Gasteiger partial charge is 0.316 e. The molecule has 1 unspecified atom stereocenters. The van der Waals surface area contributed by atoms with E-state index in [1.54, 1.807) is 0 Å². The molecule has 1 aliphatic heterocycles. The maximum absolute atomic E-state index is 3.17. The van der Waals surface area contributed by atoms with Gasteiger partial charge in [0.25, 0.3) is 0 Å². The van der Waals surface area contributed by atoms with Crippen molar-refractivity contribution >= 4 is 0 Å². The third-order valence-electron chi connectivity index (χ3n) is 3.22. The summed E-state index contributed by atoms with van der Waals surface area (Å²) in [5, 5.41) is 3.17. The van der Waals surface area contributed by atoms with E-state index in [4.69, 9.17) is 0 Å². The average Bonchev–Trinajstić information content (AvgIpc) is 2.67. The van der Waals surface area contributed by atoms with Crippen molar-refractivity contribution in [2.45, 2.75) is 18.9 Å². The van der Waals surface area contributed by atoms with Crippen molar-refractivity contribution < 1.29 is 0 Å². The topological polar surface area (TPSA) is 15.3 Å². The van der Waals surface area contributed by atoms with Crippen molar-refractivity contribution in [3.63, 3.8) is 0 Å². The lowest BCUT2D eigenvalue weighted by atomic mass is 9.97. The second-order valence-electron chi connectivity index (χ2n) is 4.52. The predicted octanol–water partition coefficient (Wildman–Crippen LogP) is 1.83. The highest BCUT2D eigenvalue weighted by molar-refractivity contribution is 5.26. The molecule has 0 amide bonds. The van der Waals surface area contributed by atoms with Gasteiger partial charge in [0.1, 0.15) is 0 Å². The Bertz CT molecular complexity index is 305. The van der Waals surface area contributed by atoms with E-state index < -0.39 is 0 Å². The molecule has 2 heteroatoms. The summed E-state index contributed by atoms with van der Waals surface area (Å²) in [5.74, 6) is 0.749. The first-order chi connectivity index (χ1) is 7.29. The van der Waals surface area contributed by atoms with Crippen LogP contribution in [0.4, 0.5) is 0 Å². The first-order valence-corrected chi connectivity index (χ1v) is 5.71. The zero-order valence-electron chi connectivity index (χ0n) is 9.66. The molecule has 15 heavy (non-hydrogen) atoms. The van der Waals surface area contributed by atoms with Gasteiger partial charge in [0.15, 0.2) is 0 Å². The molecule has 1 aliphatic rings. The highest BCUT2D eigenvalue weighted by Crippen LogP contribution is 2.26. The highest BCUT2D eigenvalue weighted by atomic mass is 15.1. The zero-order chi connectivity index (χ0) is 10.7. The minimum absolute atomic E-state index is 0.749. The van der Waals surface area contributed by atoms with Crippen LogP contribution in [0.3, 0.4) is 0 Å². The SMILES string of the molecule is CNCc1ccc(C2CCN(C)C2)cc1. The van der Waals surface area contributed by atoms with Crippen LogP contribution < -0.4 is 5.32 Å². The van der Waals surface area contributed by atoms with Crippen LogP contribution in [0.5, 0.6) is 0 Å². The molecule has 2 rings (SSSR count). The summed E-state index contributed by atoms with van der Waals surface area (Å²) in [6.07, 6.45) is 1.31. The Morgan fingerprint density at radius 2 is 2.07 bits per heavy atom. The van der Waals surface area contributed by atoms with E-state index in [1.807, 2.05) is 7.05 Å². The third-order valence-corrected chi connectivity index (χ3v) is 3.22. The molecule has 1 aromatic carbocycles. The molecule has 1 heterocycles. The molecule has 2 nitrogen and oxygen atoms in total. The number of hydrogen-bond donors (Lipinski definition) is 1. The van der Waals surface area contributed by atoms with Crippen molar-refractivity contribution in [1.29, 1.82) is 0 Å². The van der Waals surface area contributed by atoms with Crippen molar-refractivity contribution in [1.82, 2.24) is 10.2 Å². The van der Waals surface area contributed by atoms with Crippen LogP contribution in [0, 0.1) is 0 Å². The molecule has 1 fully saturated rings. The Morgan fingerprint density at radius 3 is 2.60 bits per heavy atom. The lowest BCUT2D eigenvalue weighted by Gasteiger charge is -2.11. The quantitative estimate of drug-likeness (QED) is 0.808. The standard InChI is InChI=1S/C13H20N2/c1-14-9-11-3-5-12(6-4-11)13-7-8-15(2)10-13/h3-6,13-14H,7-10H2,1-2H3. The van der Waals surface area contributed by atoms with Gasteiger partial charge in [-0.25, -0.2) is 0 Å². The van der Waals surface area contributed by atoms with Crippen molar-refractivity contribution in [2.75, 3.05) is 27.2 Å². The van der Waals surface area contributed by atoms with Gasteiger partial charge < -0.3 is 10.2 Å². The van der Waals surface area contributed by atoms with Gasteiger partial charge in [-0.2, -0.15) is 0 Å². The number of likely N-dealkylation sites (tertiary alicyclic amines) is 1. The monoisotopic (exact) mass is 204 g/mol. The number of nitrogens with zero attached hydrogens (tertiary/aromatic N) is 1. The van der Waals surface area contributed by atoms with Crippen LogP contribution in [-0.4, -0.2) is 32.1 Å². The molecule has 0 spiro atoms. The lowest BCUT2D eigenvalue weighted by Crippen LogP contribution is -2.13. The average molecular weight is 204 g/mol. The van der Waals surface area contributed by atoms with Crippen molar-refractivity contribution in [2.24, 2.45) is 0 Å². The van der Waals surface area contributed by atoms with Gasteiger partial charge in [0.2, 0.25) is 0 Å². The van der Waals surface area contributed by atoms with Crippen molar-refractivity contribution in [3.05, 3.63) is 35.4 Å². The molecule has 0 aliphatic carbocycles. The smallest absolute Gasteiger partial charge is 0.0202 e. The number of rotatable bonds is 3. The second-order valence-corrected chi connectivity index (χ2v) is 4.52. The number of hydrogen-bond acceptors (Lipinski definition) is 2. The molecule has 1 N–H and O–H groups in total. The summed E-state index contributed by atoms with van der Waals surface area (Å²) in [7, 11) is 4.19. The molecule has 1 atom stereocenters. The fraction of sp³-hybridized carbons (Fsp3) is 0.538. The van der Waals surface area contributed by atoms with E-state index in [0.29, 0.717) is 0 Å². The van der Waals surface area contributed by atoms with Gasteiger partial charge in [-0.1, -0.05) is 24.3 Å². The molecule has 1 aromatic rings. The van der Waals surface area contributed by atoms with Crippen LogP contribution in [0.15, 0.2) is 24.3 Å². The van der Waals surface area contributed by atoms with E-state index in [1.165, 1.54) is 30.6 Å². The maximum Gasteiger partial charge on any atom is 0.0202 e. The van der Waals surface area contributed by atoms with E-state index in [2.05, 4.69) is 41.5 Å². The highest BCUT2D eigenvalue weighted by Gasteiger charge is 2.20. The van der Waals surface area contributed by atoms with Crippen LogP contribution >= 0.6 is 0 Å². The van der Waals surface area contributed by atoms with E-state index in [0.717, 1.165) is 12.5 Å². The van der Waals surface area contributed by atoms with Gasteiger partial charge in [-0.05, 0) is 44.1 Å². The van der Waals surface area contributed by atoms with E-state index >= 15 is 0 Å². The molecular weight excluding hydrogens is 184 g/mol. The summed E-state index contributed by atoms with van der Waals surface area (Å²) in [6, 6.07) is 9.06. The molecule has 1 saturated heterocycles. The zero-order valence-corrected chi connectivity index (χ0v) is 9.66. The Labute approximate surface area is 92.3 Å². The van der Waals surface area contributed by atoms with Crippen LogP contribution in [0.25, 0.3) is 0 Å². The molecule has 0 aromatic heterocycles. The summed E-state index contributed by atoms with van der Waals surface area (Å²) in [4.78, 5) is 2.41. The summed E-state index contributed by atoms with van der Waals surface area (Å²) in [6.45, 7) is 3.42. The Morgan fingerprint density at radius 1 is 1.33 bits per heavy atom. The predicted molar refractivity (Wildman–Crippen MR) is 64.1 cm³/mol. The Hall–Kier alpha value is -0.860. The maximum atomic E-state index is 3.17. The second kappa shape index (κ2) is 4.77. The molecule has 0 radical (unpaired) electrons. The fourth-order valence-corrected chi connectivity index (χ4v) is 2.32. The van der Waals surface area contributed by atoms with Crippen LogP contribution in [0.2, 0.25) is 0 Å². The number of nitrogens with one attached hydrogen (secondary N) is 1. The Kier molecular flexibility index (Phi) is 3.39. The fourth-order valence-electron chi connectivity index (χ4n) is 2.32. The van der Waals surface area contributed by atoms with Crippen LogP contribution in [0.1, 0.15) is 23.5 Å². The lowest BCUT2D eigenvalue weighted by molar-refractivity contribution is 0.411. The number of likely N-dealkylation sites (N-methyl/N-ethyl adjacent to an activating group) is 1.